The fourth-order valence-corrected chi connectivity index (χ4v) is 2.72. The van der Waals surface area contributed by atoms with Crippen molar-refractivity contribution in [1.29, 1.82) is 5.26 Å². The number of piperazine rings is 1. The molecule has 0 amide bonds. The summed E-state index contributed by atoms with van der Waals surface area (Å²) in [5.74, 6) is 0. The Bertz CT molecular complexity index is 757. The first-order chi connectivity index (χ1) is 11.5. The average molecular weight is 332 g/mol. The molecule has 4 nitrogen and oxygen atoms in total. The van der Waals surface area contributed by atoms with Crippen molar-refractivity contribution in [2.24, 2.45) is 0 Å². The Labute approximate surface area is 137 Å². The van der Waals surface area contributed by atoms with Crippen LogP contribution >= 0.6 is 0 Å². The molecule has 1 aliphatic heterocycles. The number of hydrogen-bond acceptors (Lipinski definition) is 4. The van der Waals surface area contributed by atoms with E-state index < -0.39 is 17.4 Å². The third kappa shape index (κ3) is 3.34. The fourth-order valence-electron chi connectivity index (χ4n) is 2.72. The van der Waals surface area contributed by atoms with Gasteiger partial charge in [0.15, 0.2) is 5.69 Å². The largest absolute Gasteiger partial charge is 0.419 e. The normalized spacial score (nSPS) is 15.2. The van der Waals surface area contributed by atoms with Crippen molar-refractivity contribution < 1.29 is 13.2 Å². The second kappa shape index (κ2) is 6.49. The second-order valence-electron chi connectivity index (χ2n) is 5.51. The van der Waals surface area contributed by atoms with Crippen molar-refractivity contribution in [1.82, 2.24) is 10.3 Å². The topological polar surface area (TPSA) is 52.0 Å². The molecule has 1 aromatic carbocycles. The van der Waals surface area contributed by atoms with Gasteiger partial charge < -0.3 is 10.2 Å². The molecule has 1 aromatic heterocycles. The number of rotatable bonds is 2. The average Bonchev–Trinajstić information content (AvgIpc) is 2.61. The minimum absolute atomic E-state index is 0.341. The SMILES string of the molecule is N#Cc1ncc(-c2ccc(N3CCNCC3)cc2)cc1C(F)(F)F. The van der Waals surface area contributed by atoms with Crippen molar-refractivity contribution in [3.8, 4) is 17.2 Å². The van der Waals surface area contributed by atoms with Crippen LogP contribution in [-0.2, 0) is 6.18 Å². The van der Waals surface area contributed by atoms with Crippen molar-refractivity contribution in [3.63, 3.8) is 0 Å². The molecular formula is C17H15F3N4. The molecule has 7 heteroatoms. The van der Waals surface area contributed by atoms with Crippen LogP contribution in [0, 0.1) is 11.3 Å². The quantitative estimate of drug-likeness (QED) is 0.918. The lowest BCUT2D eigenvalue weighted by molar-refractivity contribution is -0.138. The summed E-state index contributed by atoms with van der Waals surface area (Å²) in [6, 6.07) is 9.81. The van der Waals surface area contributed by atoms with Crippen LogP contribution in [-0.4, -0.2) is 31.2 Å². The second-order valence-corrected chi connectivity index (χ2v) is 5.51. The number of pyridine rings is 1. The predicted molar refractivity (Wildman–Crippen MR) is 84.5 cm³/mol. The van der Waals surface area contributed by atoms with E-state index in [9.17, 15) is 13.2 Å². The van der Waals surface area contributed by atoms with Gasteiger partial charge in [0.05, 0.1) is 5.56 Å². The highest BCUT2D eigenvalue weighted by Crippen LogP contribution is 2.34. The van der Waals surface area contributed by atoms with E-state index in [0.717, 1.165) is 37.9 Å². The zero-order chi connectivity index (χ0) is 17.2. The fraction of sp³-hybridized carbons (Fsp3) is 0.294. The smallest absolute Gasteiger partial charge is 0.369 e. The molecule has 2 aromatic rings. The van der Waals surface area contributed by atoms with Gasteiger partial charge in [0.2, 0.25) is 0 Å². The number of halogens is 3. The van der Waals surface area contributed by atoms with Gasteiger partial charge in [0.25, 0.3) is 0 Å². The Morgan fingerprint density at radius 3 is 2.33 bits per heavy atom. The number of nitriles is 1. The summed E-state index contributed by atoms with van der Waals surface area (Å²) < 4.78 is 39.1. The lowest BCUT2D eigenvalue weighted by atomic mass is 10.0. The van der Waals surface area contributed by atoms with Crippen LogP contribution in [0.15, 0.2) is 36.5 Å². The van der Waals surface area contributed by atoms with E-state index in [0.29, 0.717) is 11.1 Å². The molecule has 0 aliphatic carbocycles. The monoisotopic (exact) mass is 332 g/mol. The Morgan fingerprint density at radius 2 is 1.75 bits per heavy atom. The molecule has 0 bridgehead atoms. The minimum Gasteiger partial charge on any atom is -0.369 e. The standard InChI is InChI=1S/C17H15F3N4/c18-17(19,20)15-9-13(11-23-16(15)10-21)12-1-3-14(4-2-12)24-7-5-22-6-8-24/h1-4,9,11,22H,5-8H2. The van der Waals surface area contributed by atoms with Crippen LogP contribution in [0.5, 0.6) is 0 Å². The number of benzene rings is 1. The van der Waals surface area contributed by atoms with E-state index in [1.54, 1.807) is 12.1 Å². The zero-order valence-corrected chi connectivity index (χ0v) is 12.8. The van der Waals surface area contributed by atoms with Crippen LogP contribution < -0.4 is 10.2 Å². The maximum Gasteiger partial charge on any atom is 0.419 e. The molecule has 0 spiro atoms. The highest BCUT2D eigenvalue weighted by Gasteiger charge is 2.34. The molecule has 1 fully saturated rings. The number of nitrogens with zero attached hydrogens (tertiary/aromatic N) is 3. The number of anilines is 1. The molecule has 1 saturated heterocycles. The third-order valence-electron chi connectivity index (χ3n) is 3.98. The van der Waals surface area contributed by atoms with Crippen molar-refractivity contribution in [2.45, 2.75) is 6.18 Å². The van der Waals surface area contributed by atoms with Gasteiger partial charge in [-0.25, -0.2) is 4.98 Å². The van der Waals surface area contributed by atoms with Gasteiger partial charge in [-0.2, -0.15) is 18.4 Å². The van der Waals surface area contributed by atoms with E-state index in [2.05, 4.69) is 15.2 Å². The summed E-state index contributed by atoms with van der Waals surface area (Å²) in [5, 5.41) is 12.1. The lowest BCUT2D eigenvalue weighted by Gasteiger charge is -2.29. The van der Waals surface area contributed by atoms with Gasteiger partial charge in [0.1, 0.15) is 6.07 Å². The molecule has 1 N–H and O–H groups in total. The van der Waals surface area contributed by atoms with Gasteiger partial charge >= 0.3 is 6.18 Å². The predicted octanol–water partition coefficient (Wildman–Crippen LogP) is 3.05. The van der Waals surface area contributed by atoms with Crippen LogP contribution in [0.25, 0.3) is 11.1 Å². The molecule has 3 rings (SSSR count). The molecule has 124 valence electrons. The Balaban J connectivity index is 1.90. The molecule has 24 heavy (non-hydrogen) atoms. The van der Waals surface area contributed by atoms with E-state index in [1.165, 1.54) is 12.3 Å². The summed E-state index contributed by atoms with van der Waals surface area (Å²) in [6.07, 6.45) is -3.30. The highest BCUT2D eigenvalue weighted by atomic mass is 19.4. The summed E-state index contributed by atoms with van der Waals surface area (Å²) in [6.45, 7) is 3.62. The number of alkyl halides is 3. The molecule has 0 radical (unpaired) electrons. The van der Waals surface area contributed by atoms with Crippen LogP contribution in [0.1, 0.15) is 11.3 Å². The first kappa shape index (κ1) is 16.3. The summed E-state index contributed by atoms with van der Waals surface area (Å²) in [5.41, 5.74) is 0.403. The first-order valence-corrected chi connectivity index (χ1v) is 7.52. The molecular weight excluding hydrogens is 317 g/mol. The lowest BCUT2D eigenvalue weighted by Crippen LogP contribution is -2.43. The number of hydrogen-bond donors (Lipinski definition) is 1. The van der Waals surface area contributed by atoms with E-state index in [1.807, 2.05) is 12.1 Å². The maximum atomic E-state index is 13.0. The molecule has 0 unspecified atom stereocenters. The van der Waals surface area contributed by atoms with Gasteiger partial charge in [0, 0.05) is 43.6 Å². The Kier molecular flexibility index (Phi) is 4.40. The first-order valence-electron chi connectivity index (χ1n) is 7.52. The molecule has 0 atom stereocenters. The molecule has 1 aliphatic rings. The number of nitrogens with one attached hydrogen (secondary N) is 1. The maximum absolute atomic E-state index is 13.0. The summed E-state index contributed by atoms with van der Waals surface area (Å²) in [7, 11) is 0. The minimum atomic E-state index is -4.60. The zero-order valence-electron chi connectivity index (χ0n) is 12.8. The van der Waals surface area contributed by atoms with E-state index in [4.69, 9.17) is 5.26 Å². The molecule has 2 heterocycles. The van der Waals surface area contributed by atoms with E-state index in [-0.39, 0.29) is 0 Å². The van der Waals surface area contributed by atoms with Gasteiger partial charge in [-0.3, -0.25) is 0 Å². The van der Waals surface area contributed by atoms with Crippen molar-refractivity contribution >= 4 is 5.69 Å². The van der Waals surface area contributed by atoms with Crippen LogP contribution in [0.4, 0.5) is 18.9 Å². The summed E-state index contributed by atoms with van der Waals surface area (Å²) >= 11 is 0. The van der Waals surface area contributed by atoms with Gasteiger partial charge in [-0.1, -0.05) is 12.1 Å². The third-order valence-corrected chi connectivity index (χ3v) is 3.98. The number of aromatic nitrogens is 1. The highest BCUT2D eigenvalue weighted by molar-refractivity contribution is 5.67. The Hall–Kier alpha value is -2.59. The van der Waals surface area contributed by atoms with E-state index >= 15 is 0 Å². The van der Waals surface area contributed by atoms with Crippen molar-refractivity contribution in [2.75, 3.05) is 31.1 Å². The van der Waals surface area contributed by atoms with Crippen LogP contribution in [0.3, 0.4) is 0 Å². The summed E-state index contributed by atoms with van der Waals surface area (Å²) in [4.78, 5) is 5.87. The van der Waals surface area contributed by atoms with Gasteiger partial charge in [-0.05, 0) is 23.8 Å². The Morgan fingerprint density at radius 1 is 1.08 bits per heavy atom. The van der Waals surface area contributed by atoms with Gasteiger partial charge in [-0.15, -0.1) is 0 Å². The van der Waals surface area contributed by atoms with Crippen LogP contribution in [0.2, 0.25) is 0 Å². The molecule has 0 saturated carbocycles. The van der Waals surface area contributed by atoms with Crippen molar-refractivity contribution in [3.05, 3.63) is 47.8 Å².